The Kier molecular flexibility index (Phi) is 5.63. The van der Waals surface area contributed by atoms with Crippen molar-refractivity contribution in [1.29, 1.82) is 0 Å². The number of nitrogens with zero attached hydrogens (tertiary/aromatic N) is 2. The van der Waals surface area contributed by atoms with Crippen LogP contribution in [0.3, 0.4) is 0 Å². The summed E-state index contributed by atoms with van der Waals surface area (Å²) in [5.74, 6) is 0.737. The van der Waals surface area contributed by atoms with E-state index < -0.39 is 0 Å². The Bertz CT molecular complexity index is 1150. The molecule has 0 aliphatic rings. The molecule has 7 heteroatoms. The molecule has 1 amide bonds. The standard InChI is InChI=1S/C23H22N4O2S/c1-14-8-6-11-19(25-14)26-21(17-9-4-5-12-24-17)20-15(2)16(3)30-23(20)27-22(28)18-10-7-13-29-18/h4-13,21H,1-3H3,(H,25,26)(H,27,28)/t21-/m0/s1. The normalized spacial score (nSPS) is 11.8. The molecule has 0 fully saturated rings. The summed E-state index contributed by atoms with van der Waals surface area (Å²) in [4.78, 5) is 23.0. The zero-order valence-corrected chi connectivity index (χ0v) is 17.8. The summed E-state index contributed by atoms with van der Waals surface area (Å²) in [7, 11) is 0. The number of nitrogens with one attached hydrogen (secondary N) is 2. The van der Waals surface area contributed by atoms with Gasteiger partial charge in [0.05, 0.1) is 18.0 Å². The van der Waals surface area contributed by atoms with Crippen LogP contribution in [-0.4, -0.2) is 15.9 Å². The molecule has 0 aromatic carbocycles. The Labute approximate surface area is 179 Å². The van der Waals surface area contributed by atoms with Gasteiger partial charge in [-0.05, 0) is 62.7 Å². The van der Waals surface area contributed by atoms with Crippen LogP contribution < -0.4 is 10.6 Å². The third-order valence-electron chi connectivity index (χ3n) is 4.86. The number of hydrogen-bond donors (Lipinski definition) is 2. The number of hydrogen-bond acceptors (Lipinski definition) is 6. The van der Waals surface area contributed by atoms with Crippen molar-refractivity contribution in [2.45, 2.75) is 26.8 Å². The predicted molar refractivity (Wildman–Crippen MR) is 119 cm³/mol. The first-order valence-electron chi connectivity index (χ1n) is 9.59. The van der Waals surface area contributed by atoms with Crippen molar-refractivity contribution < 1.29 is 9.21 Å². The SMILES string of the molecule is Cc1cccc(N[C@@H](c2ccccn2)c2c(NC(=O)c3ccco3)sc(C)c2C)n1. The van der Waals surface area contributed by atoms with Crippen LogP contribution in [0.1, 0.15) is 44.0 Å². The summed E-state index contributed by atoms with van der Waals surface area (Å²) in [6.07, 6.45) is 3.26. The molecule has 152 valence electrons. The second-order valence-electron chi connectivity index (χ2n) is 6.95. The van der Waals surface area contributed by atoms with Gasteiger partial charge in [0.1, 0.15) is 10.8 Å². The number of pyridine rings is 2. The molecule has 1 atom stereocenters. The van der Waals surface area contributed by atoms with Gasteiger partial charge in [0.25, 0.3) is 5.91 Å². The second-order valence-corrected chi connectivity index (χ2v) is 8.18. The van der Waals surface area contributed by atoms with E-state index in [4.69, 9.17) is 4.42 Å². The molecule has 4 rings (SSSR count). The van der Waals surface area contributed by atoms with Crippen LogP contribution in [0.25, 0.3) is 0 Å². The largest absolute Gasteiger partial charge is 0.459 e. The van der Waals surface area contributed by atoms with Gasteiger partial charge in [-0.1, -0.05) is 12.1 Å². The molecule has 4 aromatic rings. The molecule has 0 aliphatic heterocycles. The topological polar surface area (TPSA) is 80.0 Å². The van der Waals surface area contributed by atoms with Crippen molar-refractivity contribution in [2.24, 2.45) is 0 Å². The van der Waals surface area contributed by atoms with Crippen LogP contribution in [0.4, 0.5) is 10.8 Å². The minimum Gasteiger partial charge on any atom is -0.459 e. The first-order chi connectivity index (χ1) is 14.5. The summed E-state index contributed by atoms with van der Waals surface area (Å²) in [5.41, 5.74) is 3.84. The average molecular weight is 419 g/mol. The van der Waals surface area contributed by atoms with Crippen molar-refractivity contribution in [3.63, 3.8) is 0 Å². The number of carbonyl (C=O) groups is 1. The zero-order valence-electron chi connectivity index (χ0n) is 17.0. The van der Waals surface area contributed by atoms with Gasteiger partial charge in [0.15, 0.2) is 5.76 Å². The quantitative estimate of drug-likeness (QED) is 0.432. The predicted octanol–water partition coefficient (Wildman–Crippen LogP) is 5.51. The Morgan fingerprint density at radius 2 is 1.93 bits per heavy atom. The van der Waals surface area contributed by atoms with Gasteiger partial charge in [0, 0.05) is 22.3 Å². The van der Waals surface area contributed by atoms with E-state index in [1.807, 2.05) is 50.2 Å². The number of furan rings is 1. The Balaban J connectivity index is 1.77. The lowest BCUT2D eigenvalue weighted by atomic mass is 10.00. The first kappa shape index (κ1) is 19.8. The van der Waals surface area contributed by atoms with Gasteiger partial charge in [0.2, 0.25) is 0 Å². The molecule has 0 unspecified atom stereocenters. The summed E-state index contributed by atoms with van der Waals surface area (Å²) >= 11 is 1.54. The molecule has 6 nitrogen and oxygen atoms in total. The summed E-state index contributed by atoms with van der Waals surface area (Å²) in [5, 5.41) is 7.30. The zero-order chi connectivity index (χ0) is 21.1. The molecule has 30 heavy (non-hydrogen) atoms. The van der Waals surface area contributed by atoms with E-state index in [2.05, 4.69) is 27.5 Å². The smallest absolute Gasteiger partial charge is 0.291 e. The molecule has 0 radical (unpaired) electrons. The monoisotopic (exact) mass is 418 g/mol. The lowest BCUT2D eigenvalue weighted by Gasteiger charge is -2.21. The molecular formula is C23H22N4O2S. The minimum absolute atomic E-state index is 0.271. The molecule has 0 bridgehead atoms. The van der Waals surface area contributed by atoms with Gasteiger partial charge in [-0.2, -0.15) is 0 Å². The highest BCUT2D eigenvalue weighted by Crippen LogP contribution is 2.40. The highest BCUT2D eigenvalue weighted by Gasteiger charge is 2.26. The van der Waals surface area contributed by atoms with Gasteiger partial charge in [-0.25, -0.2) is 4.98 Å². The highest BCUT2D eigenvalue weighted by molar-refractivity contribution is 7.16. The van der Waals surface area contributed by atoms with E-state index in [-0.39, 0.29) is 17.7 Å². The number of rotatable bonds is 6. The van der Waals surface area contributed by atoms with Gasteiger partial charge in [-0.15, -0.1) is 11.3 Å². The number of thiophene rings is 1. The first-order valence-corrected chi connectivity index (χ1v) is 10.4. The Morgan fingerprint density at radius 1 is 1.07 bits per heavy atom. The number of anilines is 2. The molecule has 0 saturated heterocycles. The van der Waals surface area contributed by atoms with Crippen LogP contribution in [0.5, 0.6) is 0 Å². The number of carbonyl (C=O) groups excluding carboxylic acids is 1. The van der Waals surface area contributed by atoms with Crippen LogP contribution >= 0.6 is 11.3 Å². The molecule has 4 heterocycles. The molecule has 2 N–H and O–H groups in total. The summed E-state index contributed by atoms with van der Waals surface area (Å²) in [6, 6.07) is 14.7. The van der Waals surface area contributed by atoms with Crippen LogP contribution in [0, 0.1) is 20.8 Å². The van der Waals surface area contributed by atoms with E-state index in [1.165, 1.54) is 6.26 Å². The van der Waals surface area contributed by atoms with E-state index in [0.717, 1.165) is 38.2 Å². The van der Waals surface area contributed by atoms with E-state index in [9.17, 15) is 4.79 Å². The maximum Gasteiger partial charge on any atom is 0.291 e. The maximum absolute atomic E-state index is 12.7. The number of aromatic nitrogens is 2. The molecule has 0 aliphatic carbocycles. The van der Waals surface area contributed by atoms with Gasteiger partial charge in [-0.3, -0.25) is 9.78 Å². The van der Waals surface area contributed by atoms with Gasteiger partial charge >= 0.3 is 0 Å². The van der Waals surface area contributed by atoms with Crippen molar-refractivity contribution in [1.82, 2.24) is 9.97 Å². The van der Waals surface area contributed by atoms with Crippen molar-refractivity contribution in [3.05, 3.63) is 94.1 Å². The Morgan fingerprint density at radius 3 is 2.63 bits per heavy atom. The van der Waals surface area contributed by atoms with Crippen LogP contribution in [0.2, 0.25) is 0 Å². The van der Waals surface area contributed by atoms with Crippen LogP contribution in [-0.2, 0) is 0 Å². The van der Waals surface area contributed by atoms with Crippen LogP contribution in [0.15, 0.2) is 65.4 Å². The third kappa shape index (κ3) is 4.11. The number of aryl methyl sites for hydroxylation is 2. The van der Waals surface area contributed by atoms with E-state index >= 15 is 0 Å². The summed E-state index contributed by atoms with van der Waals surface area (Å²) < 4.78 is 5.25. The fraction of sp³-hybridized carbons (Fsp3) is 0.174. The van der Waals surface area contributed by atoms with Crippen molar-refractivity contribution in [2.75, 3.05) is 10.6 Å². The summed E-state index contributed by atoms with van der Waals surface area (Å²) in [6.45, 7) is 6.06. The van der Waals surface area contributed by atoms with E-state index in [0.29, 0.717) is 0 Å². The second kappa shape index (κ2) is 8.51. The highest BCUT2D eigenvalue weighted by atomic mass is 32.1. The van der Waals surface area contributed by atoms with Crippen molar-refractivity contribution in [3.8, 4) is 0 Å². The lowest BCUT2D eigenvalue weighted by molar-refractivity contribution is 0.0997. The Hall–Kier alpha value is -3.45. The number of amides is 1. The van der Waals surface area contributed by atoms with Gasteiger partial charge < -0.3 is 15.1 Å². The molecule has 0 spiro atoms. The average Bonchev–Trinajstić information content (AvgIpc) is 3.37. The molecule has 4 aromatic heterocycles. The maximum atomic E-state index is 12.7. The minimum atomic E-state index is -0.282. The molecular weight excluding hydrogens is 396 g/mol. The fourth-order valence-corrected chi connectivity index (χ4v) is 4.36. The van der Waals surface area contributed by atoms with E-state index in [1.54, 1.807) is 29.7 Å². The fourth-order valence-electron chi connectivity index (χ4n) is 3.27. The van der Waals surface area contributed by atoms with Crippen molar-refractivity contribution >= 4 is 28.1 Å². The molecule has 0 saturated carbocycles. The third-order valence-corrected chi connectivity index (χ3v) is 6.00. The lowest BCUT2D eigenvalue weighted by Crippen LogP contribution is -2.18.